The summed E-state index contributed by atoms with van der Waals surface area (Å²) in [6.45, 7) is 2.27. The molecule has 2 aromatic rings. The van der Waals surface area contributed by atoms with Crippen LogP contribution in [0, 0.1) is 0 Å². The molecule has 0 aliphatic heterocycles. The first-order valence-corrected chi connectivity index (χ1v) is 7.00. The summed E-state index contributed by atoms with van der Waals surface area (Å²) in [5.41, 5.74) is 1.35. The van der Waals surface area contributed by atoms with Crippen molar-refractivity contribution in [3.8, 4) is 5.75 Å². The van der Waals surface area contributed by atoms with E-state index in [1.807, 2.05) is 23.9 Å². The second kappa shape index (κ2) is 6.50. The lowest BCUT2D eigenvalue weighted by Gasteiger charge is -2.11. The summed E-state index contributed by atoms with van der Waals surface area (Å²) in [7, 11) is 1.70. The van der Waals surface area contributed by atoms with Gasteiger partial charge in [-0.05, 0) is 36.2 Å². The molecular weight excluding hydrogens is 240 g/mol. The molecule has 1 nitrogen and oxygen atoms in total. The Bertz CT molecular complexity index is 464. The predicted octanol–water partition coefficient (Wildman–Crippen LogP) is 4.42. The van der Waals surface area contributed by atoms with Gasteiger partial charge in [0.05, 0.1) is 7.11 Å². The SMILES string of the molecule is COc1ccc(C[C@@H](C)Sc2ccccc2)cc1. The maximum absolute atomic E-state index is 5.16. The highest BCUT2D eigenvalue weighted by atomic mass is 32.2. The minimum absolute atomic E-state index is 0.570. The van der Waals surface area contributed by atoms with Crippen LogP contribution in [-0.2, 0) is 6.42 Å². The summed E-state index contributed by atoms with van der Waals surface area (Å²) in [5.74, 6) is 0.919. The number of rotatable bonds is 5. The van der Waals surface area contributed by atoms with Crippen molar-refractivity contribution < 1.29 is 4.74 Å². The van der Waals surface area contributed by atoms with Gasteiger partial charge in [0.2, 0.25) is 0 Å². The molecule has 94 valence electrons. The number of ether oxygens (including phenoxy) is 1. The Morgan fingerprint density at radius 3 is 2.28 bits per heavy atom. The molecule has 0 bridgehead atoms. The standard InChI is InChI=1S/C16H18OS/c1-13(18-16-6-4-3-5-7-16)12-14-8-10-15(17-2)11-9-14/h3-11,13H,12H2,1-2H3/t13-/m1/s1. The molecule has 0 unspecified atom stereocenters. The van der Waals surface area contributed by atoms with Crippen LogP contribution in [0.3, 0.4) is 0 Å². The molecule has 0 aliphatic carbocycles. The van der Waals surface area contributed by atoms with Gasteiger partial charge in [-0.25, -0.2) is 0 Å². The van der Waals surface area contributed by atoms with Gasteiger partial charge in [0.1, 0.15) is 5.75 Å². The zero-order chi connectivity index (χ0) is 12.8. The second-order valence-electron chi connectivity index (χ2n) is 4.29. The summed E-state index contributed by atoms with van der Waals surface area (Å²) in [4.78, 5) is 1.33. The zero-order valence-corrected chi connectivity index (χ0v) is 11.6. The van der Waals surface area contributed by atoms with Crippen LogP contribution in [-0.4, -0.2) is 12.4 Å². The fourth-order valence-electron chi connectivity index (χ4n) is 1.87. The van der Waals surface area contributed by atoms with Crippen LogP contribution in [0.25, 0.3) is 0 Å². The molecule has 0 aromatic heterocycles. The van der Waals surface area contributed by atoms with E-state index >= 15 is 0 Å². The Morgan fingerprint density at radius 1 is 1.00 bits per heavy atom. The minimum Gasteiger partial charge on any atom is -0.497 e. The third kappa shape index (κ3) is 3.81. The molecule has 0 fully saturated rings. The molecule has 18 heavy (non-hydrogen) atoms. The summed E-state index contributed by atoms with van der Waals surface area (Å²) in [6, 6.07) is 18.9. The van der Waals surface area contributed by atoms with Crippen molar-refractivity contribution in [3.05, 3.63) is 60.2 Å². The predicted molar refractivity (Wildman–Crippen MR) is 78.5 cm³/mol. The summed E-state index contributed by atoms with van der Waals surface area (Å²) < 4.78 is 5.16. The zero-order valence-electron chi connectivity index (χ0n) is 10.8. The van der Waals surface area contributed by atoms with Gasteiger partial charge in [-0.3, -0.25) is 0 Å². The van der Waals surface area contributed by atoms with Crippen molar-refractivity contribution >= 4 is 11.8 Å². The van der Waals surface area contributed by atoms with Gasteiger partial charge in [0, 0.05) is 10.1 Å². The highest BCUT2D eigenvalue weighted by Gasteiger charge is 2.05. The molecule has 0 N–H and O–H groups in total. The van der Waals surface area contributed by atoms with E-state index in [9.17, 15) is 0 Å². The maximum Gasteiger partial charge on any atom is 0.118 e. The van der Waals surface area contributed by atoms with Crippen LogP contribution in [0.2, 0.25) is 0 Å². The van der Waals surface area contributed by atoms with Crippen LogP contribution in [0.5, 0.6) is 5.75 Å². The van der Waals surface area contributed by atoms with E-state index in [1.165, 1.54) is 10.5 Å². The van der Waals surface area contributed by atoms with Crippen LogP contribution in [0.15, 0.2) is 59.5 Å². The van der Waals surface area contributed by atoms with E-state index in [2.05, 4.69) is 49.4 Å². The third-order valence-corrected chi connectivity index (χ3v) is 3.88. The Balaban J connectivity index is 1.92. The Labute approximate surface area is 113 Å². The average molecular weight is 258 g/mol. The van der Waals surface area contributed by atoms with Crippen molar-refractivity contribution in [2.24, 2.45) is 0 Å². The topological polar surface area (TPSA) is 9.23 Å². The molecule has 1 atom stereocenters. The first-order valence-electron chi connectivity index (χ1n) is 6.12. The lowest BCUT2D eigenvalue weighted by molar-refractivity contribution is 0.414. The lowest BCUT2D eigenvalue weighted by atomic mass is 10.1. The second-order valence-corrected chi connectivity index (χ2v) is 5.81. The van der Waals surface area contributed by atoms with Gasteiger partial charge >= 0.3 is 0 Å². The van der Waals surface area contributed by atoms with Gasteiger partial charge < -0.3 is 4.74 Å². The monoisotopic (exact) mass is 258 g/mol. The fraction of sp³-hybridized carbons (Fsp3) is 0.250. The Hall–Kier alpha value is -1.41. The lowest BCUT2D eigenvalue weighted by Crippen LogP contribution is -2.01. The van der Waals surface area contributed by atoms with Gasteiger partial charge in [0.25, 0.3) is 0 Å². The number of benzene rings is 2. The van der Waals surface area contributed by atoms with Crippen molar-refractivity contribution in [3.63, 3.8) is 0 Å². The van der Waals surface area contributed by atoms with Crippen molar-refractivity contribution in [2.75, 3.05) is 7.11 Å². The summed E-state index contributed by atoms with van der Waals surface area (Å²) in [5, 5.41) is 0.570. The quantitative estimate of drug-likeness (QED) is 0.734. The van der Waals surface area contributed by atoms with Crippen molar-refractivity contribution in [1.29, 1.82) is 0 Å². The van der Waals surface area contributed by atoms with Gasteiger partial charge in [-0.1, -0.05) is 37.3 Å². The van der Waals surface area contributed by atoms with E-state index in [-0.39, 0.29) is 0 Å². The van der Waals surface area contributed by atoms with Crippen LogP contribution in [0.1, 0.15) is 12.5 Å². The largest absolute Gasteiger partial charge is 0.497 e. The number of hydrogen-bond acceptors (Lipinski definition) is 2. The number of thioether (sulfide) groups is 1. The van der Waals surface area contributed by atoms with Crippen molar-refractivity contribution in [1.82, 2.24) is 0 Å². The van der Waals surface area contributed by atoms with Crippen LogP contribution in [0.4, 0.5) is 0 Å². The highest BCUT2D eigenvalue weighted by Crippen LogP contribution is 2.25. The molecule has 2 heteroatoms. The van der Waals surface area contributed by atoms with E-state index in [0.29, 0.717) is 5.25 Å². The highest BCUT2D eigenvalue weighted by molar-refractivity contribution is 7.99. The maximum atomic E-state index is 5.16. The van der Waals surface area contributed by atoms with E-state index in [0.717, 1.165) is 12.2 Å². The van der Waals surface area contributed by atoms with Gasteiger partial charge in [-0.15, -0.1) is 11.8 Å². The fourth-order valence-corrected chi connectivity index (χ4v) is 2.92. The first kappa shape index (κ1) is 13.0. The van der Waals surface area contributed by atoms with Crippen LogP contribution < -0.4 is 4.74 Å². The minimum atomic E-state index is 0.570. The third-order valence-electron chi connectivity index (χ3n) is 2.76. The Kier molecular flexibility index (Phi) is 4.71. The summed E-state index contributed by atoms with van der Waals surface area (Å²) in [6.07, 6.45) is 1.07. The molecule has 0 saturated heterocycles. The van der Waals surface area contributed by atoms with Gasteiger partial charge in [-0.2, -0.15) is 0 Å². The van der Waals surface area contributed by atoms with Gasteiger partial charge in [0.15, 0.2) is 0 Å². The number of hydrogen-bond donors (Lipinski definition) is 0. The van der Waals surface area contributed by atoms with E-state index in [1.54, 1.807) is 7.11 Å². The molecule has 0 spiro atoms. The van der Waals surface area contributed by atoms with E-state index < -0.39 is 0 Å². The molecule has 2 rings (SSSR count). The average Bonchev–Trinajstić information content (AvgIpc) is 2.40. The summed E-state index contributed by atoms with van der Waals surface area (Å²) >= 11 is 1.92. The van der Waals surface area contributed by atoms with E-state index in [4.69, 9.17) is 4.74 Å². The molecule has 0 heterocycles. The smallest absolute Gasteiger partial charge is 0.118 e. The van der Waals surface area contributed by atoms with Crippen molar-refractivity contribution in [2.45, 2.75) is 23.5 Å². The van der Waals surface area contributed by atoms with Crippen LogP contribution >= 0.6 is 11.8 Å². The number of methoxy groups -OCH3 is 1. The molecule has 0 amide bonds. The normalized spacial score (nSPS) is 12.1. The molecular formula is C16H18OS. The first-order chi connectivity index (χ1) is 8.78. The Morgan fingerprint density at radius 2 is 1.67 bits per heavy atom. The molecule has 0 radical (unpaired) electrons. The molecule has 2 aromatic carbocycles. The molecule has 0 saturated carbocycles. The molecule has 0 aliphatic rings.